The van der Waals surface area contributed by atoms with Crippen molar-refractivity contribution in [3.05, 3.63) is 33.9 Å². The van der Waals surface area contributed by atoms with Crippen LogP contribution in [0.3, 0.4) is 0 Å². The monoisotopic (exact) mass is 331 g/mol. The second-order valence-corrected chi connectivity index (χ2v) is 5.97. The highest BCUT2D eigenvalue weighted by atomic mass is 19.1. The SMILES string of the molecule is CC(CNC(=O)OC(C)(C)C)Nc1c(F)cc(F)cc1[N+](=O)[O-]. The number of rotatable bonds is 5. The zero-order valence-electron chi connectivity index (χ0n) is 13.3. The van der Waals surface area contributed by atoms with Crippen molar-refractivity contribution in [3.8, 4) is 0 Å². The van der Waals surface area contributed by atoms with Crippen molar-refractivity contribution in [2.45, 2.75) is 39.3 Å². The summed E-state index contributed by atoms with van der Waals surface area (Å²) in [5.41, 5.74) is -1.82. The number of anilines is 1. The van der Waals surface area contributed by atoms with Crippen LogP contribution in [0.1, 0.15) is 27.7 Å². The average Bonchev–Trinajstić information content (AvgIpc) is 2.37. The molecule has 0 aliphatic rings. The van der Waals surface area contributed by atoms with E-state index in [9.17, 15) is 23.7 Å². The first-order chi connectivity index (χ1) is 10.5. The zero-order chi connectivity index (χ0) is 17.8. The first-order valence-electron chi connectivity index (χ1n) is 6.86. The first kappa shape index (κ1) is 18.6. The Bertz CT molecular complexity index is 602. The van der Waals surface area contributed by atoms with E-state index < -0.39 is 45.7 Å². The molecule has 1 amide bonds. The summed E-state index contributed by atoms with van der Waals surface area (Å²) >= 11 is 0. The lowest BCUT2D eigenvalue weighted by molar-refractivity contribution is -0.384. The van der Waals surface area contributed by atoms with Gasteiger partial charge in [-0.3, -0.25) is 10.1 Å². The van der Waals surface area contributed by atoms with Crippen LogP contribution in [0.2, 0.25) is 0 Å². The molecule has 0 aliphatic carbocycles. The van der Waals surface area contributed by atoms with Gasteiger partial charge in [-0.25, -0.2) is 13.6 Å². The van der Waals surface area contributed by atoms with Crippen LogP contribution in [0.4, 0.5) is 25.0 Å². The molecule has 0 aliphatic heterocycles. The average molecular weight is 331 g/mol. The fourth-order valence-electron chi connectivity index (χ4n) is 1.69. The molecule has 128 valence electrons. The van der Waals surface area contributed by atoms with Crippen molar-refractivity contribution in [1.29, 1.82) is 0 Å². The van der Waals surface area contributed by atoms with Gasteiger partial charge in [0.15, 0.2) is 5.82 Å². The van der Waals surface area contributed by atoms with Gasteiger partial charge < -0.3 is 15.4 Å². The minimum Gasteiger partial charge on any atom is -0.444 e. The molecular weight excluding hydrogens is 312 g/mol. The smallest absolute Gasteiger partial charge is 0.407 e. The van der Waals surface area contributed by atoms with Crippen LogP contribution in [-0.4, -0.2) is 29.2 Å². The summed E-state index contributed by atoms with van der Waals surface area (Å²) in [5, 5.41) is 15.9. The Kier molecular flexibility index (Phi) is 5.83. The van der Waals surface area contributed by atoms with Crippen LogP contribution in [0.15, 0.2) is 12.1 Å². The van der Waals surface area contributed by atoms with Crippen molar-refractivity contribution in [1.82, 2.24) is 5.32 Å². The van der Waals surface area contributed by atoms with E-state index in [1.54, 1.807) is 27.7 Å². The number of alkyl carbamates (subject to hydrolysis) is 1. The molecule has 23 heavy (non-hydrogen) atoms. The third-order valence-corrected chi connectivity index (χ3v) is 2.57. The molecule has 1 aromatic rings. The Morgan fingerprint density at radius 3 is 2.52 bits per heavy atom. The van der Waals surface area contributed by atoms with Crippen molar-refractivity contribution in [2.24, 2.45) is 0 Å². The number of ether oxygens (including phenoxy) is 1. The molecule has 0 saturated carbocycles. The molecule has 9 heteroatoms. The Hall–Kier alpha value is -2.45. The number of nitrogens with zero attached hydrogens (tertiary/aromatic N) is 1. The van der Waals surface area contributed by atoms with Crippen molar-refractivity contribution >= 4 is 17.5 Å². The maximum atomic E-state index is 13.7. The molecule has 0 bridgehead atoms. The zero-order valence-corrected chi connectivity index (χ0v) is 13.3. The molecule has 0 aromatic heterocycles. The number of nitro groups is 1. The standard InChI is InChI=1S/C14H19F2N3O4/c1-8(7-17-13(20)23-14(2,3)4)18-12-10(16)5-9(15)6-11(12)19(21)22/h5-6,8,18H,7H2,1-4H3,(H,17,20). The predicted octanol–water partition coefficient (Wildman–Crippen LogP) is 3.20. The van der Waals surface area contributed by atoms with Gasteiger partial charge >= 0.3 is 6.09 Å². The highest BCUT2D eigenvalue weighted by molar-refractivity contribution is 5.68. The van der Waals surface area contributed by atoms with Crippen LogP contribution in [-0.2, 0) is 4.74 Å². The number of benzene rings is 1. The molecule has 1 atom stereocenters. The third kappa shape index (κ3) is 6.05. The second-order valence-electron chi connectivity index (χ2n) is 5.97. The maximum absolute atomic E-state index is 13.7. The van der Waals surface area contributed by atoms with Gasteiger partial charge in [-0.2, -0.15) is 0 Å². The number of hydrogen-bond donors (Lipinski definition) is 2. The number of carbonyl (C=O) groups excluding carboxylic acids is 1. The molecule has 0 heterocycles. The summed E-state index contributed by atoms with van der Waals surface area (Å²) in [5.74, 6) is -2.12. The van der Waals surface area contributed by atoms with E-state index in [0.29, 0.717) is 12.1 Å². The molecule has 0 saturated heterocycles. The molecule has 1 unspecified atom stereocenters. The summed E-state index contributed by atoms with van der Waals surface area (Å²) in [6.07, 6.45) is -0.666. The minimum absolute atomic E-state index is 0.0306. The second kappa shape index (κ2) is 7.21. The number of amides is 1. The largest absolute Gasteiger partial charge is 0.444 e. The van der Waals surface area contributed by atoms with E-state index in [4.69, 9.17) is 4.74 Å². The maximum Gasteiger partial charge on any atom is 0.407 e. The normalized spacial score (nSPS) is 12.4. The third-order valence-electron chi connectivity index (χ3n) is 2.57. The van der Waals surface area contributed by atoms with Gasteiger partial charge in [0.2, 0.25) is 0 Å². The van der Waals surface area contributed by atoms with E-state index in [2.05, 4.69) is 10.6 Å². The predicted molar refractivity (Wildman–Crippen MR) is 80.3 cm³/mol. The number of nitrogens with one attached hydrogen (secondary N) is 2. The Morgan fingerprint density at radius 1 is 1.39 bits per heavy atom. The summed E-state index contributed by atoms with van der Waals surface area (Å²) < 4.78 is 31.8. The topological polar surface area (TPSA) is 93.5 Å². The highest BCUT2D eigenvalue weighted by Gasteiger charge is 2.22. The lowest BCUT2D eigenvalue weighted by Crippen LogP contribution is -2.38. The van der Waals surface area contributed by atoms with E-state index in [1.807, 2.05) is 0 Å². The van der Waals surface area contributed by atoms with Gasteiger partial charge in [-0.15, -0.1) is 0 Å². The highest BCUT2D eigenvalue weighted by Crippen LogP contribution is 2.29. The summed E-state index contributed by atoms with van der Waals surface area (Å²) in [6.45, 7) is 6.70. The van der Waals surface area contributed by atoms with Crippen molar-refractivity contribution < 1.29 is 23.2 Å². The fraction of sp³-hybridized carbons (Fsp3) is 0.500. The van der Waals surface area contributed by atoms with Crippen LogP contribution in [0.5, 0.6) is 0 Å². The quantitative estimate of drug-likeness (QED) is 0.638. The molecule has 1 rings (SSSR count). The Labute approximate surface area is 132 Å². The van der Waals surface area contributed by atoms with E-state index in [-0.39, 0.29) is 6.54 Å². The van der Waals surface area contributed by atoms with Gasteiger partial charge in [0.05, 0.1) is 11.0 Å². The fourth-order valence-corrected chi connectivity index (χ4v) is 1.69. The van der Waals surface area contributed by atoms with Crippen LogP contribution >= 0.6 is 0 Å². The van der Waals surface area contributed by atoms with Crippen molar-refractivity contribution in [3.63, 3.8) is 0 Å². The Balaban J connectivity index is 2.73. The number of carbonyl (C=O) groups is 1. The van der Waals surface area contributed by atoms with Crippen LogP contribution in [0.25, 0.3) is 0 Å². The molecule has 0 radical (unpaired) electrons. The molecule has 0 spiro atoms. The molecular formula is C14H19F2N3O4. The molecule has 0 fully saturated rings. The van der Waals surface area contributed by atoms with Crippen LogP contribution in [0, 0.1) is 21.7 Å². The number of nitro benzene ring substituents is 1. The summed E-state index contributed by atoms with van der Waals surface area (Å²) in [6, 6.07) is 0.615. The summed E-state index contributed by atoms with van der Waals surface area (Å²) in [4.78, 5) is 21.5. The van der Waals surface area contributed by atoms with E-state index in [1.165, 1.54) is 0 Å². The number of hydrogen-bond acceptors (Lipinski definition) is 5. The first-order valence-corrected chi connectivity index (χ1v) is 6.86. The molecule has 2 N–H and O–H groups in total. The van der Waals surface area contributed by atoms with Gasteiger partial charge in [0.1, 0.15) is 17.1 Å². The Morgan fingerprint density at radius 2 is 2.00 bits per heavy atom. The van der Waals surface area contributed by atoms with Crippen LogP contribution < -0.4 is 10.6 Å². The minimum atomic E-state index is -1.08. The van der Waals surface area contributed by atoms with Gasteiger partial charge in [0.25, 0.3) is 5.69 Å². The summed E-state index contributed by atoms with van der Waals surface area (Å²) in [7, 11) is 0. The van der Waals surface area contributed by atoms with Gasteiger partial charge in [0, 0.05) is 18.7 Å². The number of halogens is 2. The lowest BCUT2D eigenvalue weighted by atomic mass is 10.2. The van der Waals surface area contributed by atoms with Gasteiger partial charge in [-0.05, 0) is 27.7 Å². The molecule has 1 aromatic carbocycles. The van der Waals surface area contributed by atoms with Gasteiger partial charge in [-0.1, -0.05) is 0 Å². The van der Waals surface area contributed by atoms with E-state index in [0.717, 1.165) is 0 Å². The van der Waals surface area contributed by atoms with E-state index >= 15 is 0 Å². The molecule has 7 nitrogen and oxygen atoms in total. The lowest BCUT2D eigenvalue weighted by Gasteiger charge is -2.21. The van der Waals surface area contributed by atoms with Crippen molar-refractivity contribution in [2.75, 3.05) is 11.9 Å².